The van der Waals surface area contributed by atoms with E-state index in [0.29, 0.717) is 23.5 Å². The van der Waals surface area contributed by atoms with Gasteiger partial charge in [0, 0.05) is 37.3 Å². The van der Waals surface area contributed by atoms with Gasteiger partial charge in [0.15, 0.2) is 5.11 Å². The van der Waals surface area contributed by atoms with E-state index in [1.54, 1.807) is 6.07 Å². The summed E-state index contributed by atoms with van der Waals surface area (Å²) in [5.74, 6) is 0.701. The molecule has 1 amide bonds. The molecular formula is C20H32N5O2S+. The van der Waals surface area contributed by atoms with Crippen molar-refractivity contribution < 1.29 is 9.69 Å². The molecule has 0 aromatic carbocycles. The SMILES string of the molecule is CC[NH+](CC)CCNC(=O)CNC(=S)N1CC2CC(C1)c1cccc(=O)n1C2. The molecule has 2 aliphatic heterocycles. The summed E-state index contributed by atoms with van der Waals surface area (Å²) in [7, 11) is 0. The number of carbonyl (C=O) groups is 1. The van der Waals surface area contributed by atoms with Crippen LogP contribution in [0.1, 0.15) is 31.9 Å². The fraction of sp³-hybridized carbons (Fsp3) is 0.650. The molecule has 154 valence electrons. The number of pyridine rings is 1. The highest BCUT2D eigenvalue weighted by atomic mass is 32.1. The van der Waals surface area contributed by atoms with Gasteiger partial charge in [-0.15, -0.1) is 0 Å². The lowest BCUT2D eigenvalue weighted by atomic mass is 9.83. The minimum Gasteiger partial charge on any atom is -0.354 e. The molecule has 1 aromatic rings. The molecule has 8 heteroatoms. The van der Waals surface area contributed by atoms with Gasteiger partial charge in [-0.25, -0.2) is 0 Å². The van der Waals surface area contributed by atoms with Crippen molar-refractivity contribution in [2.24, 2.45) is 5.92 Å². The van der Waals surface area contributed by atoms with E-state index < -0.39 is 0 Å². The Hall–Kier alpha value is -1.93. The number of quaternary nitrogens is 1. The number of nitrogens with one attached hydrogen (secondary N) is 3. The lowest BCUT2D eigenvalue weighted by Crippen LogP contribution is -3.12. The molecule has 2 bridgehead atoms. The molecule has 28 heavy (non-hydrogen) atoms. The smallest absolute Gasteiger partial charge is 0.250 e. The van der Waals surface area contributed by atoms with Crippen LogP contribution in [0.4, 0.5) is 0 Å². The summed E-state index contributed by atoms with van der Waals surface area (Å²) in [6.07, 6.45) is 1.09. The van der Waals surface area contributed by atoms with Crippen molar-refractivity contribution in [1.82, 2.24) is 20.1 Å². The maximum absolute atomic E-state index is 12.1. The number of likely N-dealkylation sites (tertiary alicyclic amines) is 1. The van der Waals surface area contributed by atoms with E-state index in [-0.39, 0.29) is 18.0 Å². The number of likely N-dealkylation sites (N-methyl/N-ethyl adjacent to an activating group) is 1. The number of hydrogen-bond acceptors (Lipinski definition) is 3. The lowest BCUT2D eigenvalue weighted by molar-refractivity contribution is -0.895. The molecule has 2 atom stereocenters. The maximum atomic E-state index is 12.1. The summed E-state index contributed by atoms with van der Waals surface area (Å²) in [5.41, 5.74) is 1.19. The van der Waals surface area contributed by atoms with Gasteiger partial charge < -0.3 is 25.0 Å². The van der Waals surface area contributed by atoms with E-state index in [9.17, 15) is 9.59 Å². The van der Waals surface area contributed by atoms with Crippen molar-refractivity contribution in [3.05, 3.63) is 34.2 Å². The molecule has 0 radical (unpaired) electrons. The van der Waals surface area contributed by atoms with Crippen LogP contribution in [0.15, 0.2) is 23.0 Å². The zero-order valence-electron chi connectivity index (χ0n) is 16.9. The standard InChI is InChI=1S/C20H31N5O2S/c1-3-23(4-2)9-8-21-18(26)11-22-20(28)24-12-15-10-16(14-24)17-6-5-7-19(27)25(17)13-15/h5-7,15-16H,3-4,8-14H2,1-2H3,(H,21,26)(H,22,28)/p+1. The Morgan fingerprint density at radius 1 is 1.21 bits per heavy atom. The molecule has 0 saturated carbocycles. The Labute approximate surface area is 172 Å². The Bertz CT molecular complexity index is 761. The molecule has 1 fully saturated rings. The number of rotatable bonds is 7. The van der Waals surface area contributed by atoms with E-state index in [1.807, 2.05) is 16.7 Å². The summed E-state index contributed by atoms with van der Waals surface area (Å²) in [6, 6.07) is 5.52. The normalized spacial score (nSPS) is 20.6. The molecule has 0 aliphatic carbocycles. The quantitative estimate of drug-likeness (QED) is 0.517. The van der Waals surface area contributed by atoms with E-state index in [0.717, 1.165) is 51.4 Å². The fourth-order valence-corrected chi connectivity index (χ4v) is 4.60. The average Bonchev–Trinajstić information content (AvgIpc) is 2.70. The van der Waals surface area contributed by atoms with Gasteiger partial charge in [-0.1, -0.05) is 6.07 Å². The van der Waals surface area contributed by atoms with Crippen LogP contribution in [0.2, 0.25) is 0 Å². The van der Waals surface area contributed by atoms with Gasteiger partial charge in [0.2, 0.25) is 5.91 Å². The maximum Gasteiger partial charge on any atom is 0.250 e. The van der Waals surface area contributed by atoms with Gasteiger partial charge in [0.05, 0.1) is 32.7 Å². The largest absolute Gasteiger partial charge is 0.354 e. The predicted molar refractivity (Wildman–Crippen MR) is 114 cm³/mol. The highest BCUT2D eigenvalue weighted by molar-refractivity contribution is 7.80. The van der Waals surface area contributed by atoms with Crippen LogP contribution in [0, 0.1) is 5.92 Å². The Kier molecular flexibility index (Phi) is 7.07. The van der Waals surface area contributed by atoms with E-state index in [4.69, 9.17) is 12.2 Å². The highest BCUT2D eigenvalue weighted by Crippen LogP contribution is 2.34. The summed E-state index contributed by atoms with van der Waals surface area (Å²) in [5, 5.41) is 6.70. The molecular weight excluding hydrogens is 374 g/mol. The summed E-state index contributed by atoms with van der Waals surface area (Å²) in [4.78, 5) is 27.8. The number of amides is 1. The van der Waals surface area contributed by atoms with Crippen molar-refractivity contribution in [1.29, 1.82) is 0 Å². The zero-order valence-corrected chi connectivity index (χ0v) is 17.7. The van der Waals surface area contributed by atoms with Crippen LogP contribution in [0.5, 0.6) is 0 Å². The van der Waals surface area contributed by atoms with Gasteiger partial charge >= 0.3 is 0 Å². The molecule has 2 unspecified atom stereocenters. The topological polar surface area (TPSA) is 70.8 Å². The van der Waals surface area contributed by atoms with Crippen molar-refractivity contribution in [2.75, 3.05) is 45.8 Å². The van der Waals surface area contributed by atoms with Crippen molar-refractivity contribution in [3.8, 4) is 0 Å². The third kappa shape index (κ3) is 4.91. The Morgan fingerprint density at radius 2 is 2.00 bits per heavy atom. The van der Waals surface area contributed by atoms with Crippen LogP contribution < -0.4 is 21.1 Å². The predicted octanol–water partition coefficient (Wildman–Crippen LogP) is -0.817. The Morgan fingerprint density at radius 3 is 2.75 bits per heavy atom. The minimum absolute atomic E-state index is 0.0250. The number of carbonyl (C=O) groups excluding carboxylic acids is 1. The number of thiocarbonyl (C=S) groups is 1. The second-order valence-corrected chi connectivity index (χ2v) is 8.21. The second kappa shape index (κ2) is 9.52. The van der Waals surface area contributed by atoms with Gasteiger partial charge in [-0.2, -0.15) is 0 Å². The van der Waals surface area contributed by atoms with E-state index >= 15 is 0 Å². The average molecular weight is 407 g/mol. The van der Waals surface area contributed by atoms with Crippen LogP contribution in [0.25, 0.3) is 0 Å². The van der Waals surface area contributed by atoms with Crippen LogP contribution in [-0.4, -0.2) is 66.3 Å². The van der Waals surface area contributed by atoms with Crippen molar-refractivity contribution >= 4 is 23.2 Å². The van der Waals surface area contributed by atoms with Gasteiger partial charge in [0.1, 0.15) is 0 Å². The van der Waals surface area contributed by atoms with Crippen molar-refractivity contribution in [2.45, 2.75) is 32.7 Å². The molecule has 3 heterocycles. The Balaban J connectivity index is 1.47. The lowest BCUT2D eigenvalue weighted by Gasteiger charge is -2.43. The molecule has 3 N–H and O–H groups in total. The van der Waals surface area contributed by atoms with Gasteiger partial charge in [0.25, 0.3) is 5.56 Å². The first-order chi connectivity index (χ1) is 13.5. The second-order valence-electron chi connectivity index (χ2n) is 7.82. The van der Waals surface area contributed by atoms with Crippen LogP contribution in [-0.2, 0) is 11.3 Å². The molecule has 2 aliphatic rings. The number of aromatic nitrogens is 1. The van der Waals surface area contributed by atoms with Crippen LogP contribution >= 0.6 is 12.2 Å². The monoisotopic (exact) mass is 406 g/mol. The molecule has 1 aromatic heterocycles. The van der Waals surface area contributed by atoms with Gasteiger partial charge in [-0.3, -0.25) is 9.59 Å². The minimum atomic E-state index is -0.0250. The van der Waals surface area contributed by atoms with E-state index in [2.05, 4.69) is 29.4 Å². The zero-order chi connectivity index (χ0) is 20.1. The van der Waals surface area contributed by atoms with Crippen molar-refractivity contribution in [3.63, 3.8) is 0 Å². The number of piperidine rings is 1. The first-order valence-corrected chi connectivity index (χ1v) is 10.7. The third-order valence-electron chi connectivity index (χ3n) is 5.97. The van der Waals surface area contributed by atoms with Gasteiger partial charge in [-0.05, 0) is 44.5 Å². The first-order valence-electron chi connectivity index (χ1n) is 10.3. The summed E-state index contributed by atoms with van der Waals surface area (Å²) in [6.45, 7) is 10.7. The summed E-state index contributed by atoms with van der Waals surface area (Å²) >= 11 is 5.55. The summed E-state index contributed by atoms with van der Waals surface area (Å²) < 4.78 is 1.91. The first kappa shape index (κ1) is 20.8. The number of fused-ring (bicyclic) bond motifs is 4. The fourth-order valence-electron chi connectivity index (χ4n) is 4.37. The number of nitrogens with zero attached hydrogens (tertiary/aromatic N) is 2. The molecule has 7 nitrogen and oxygen atoms in total. The molecule has 1 saturated heterocycles. The molecule has 3 rings (SSSR count). The number of hydrogen-bond donors (Lipinski definition) is 3. The van der Waals surface area contributed by atoms with Crippen LogP contribution in [0.3, 0.4) is 0 Å². The van der Waals surface area contributed by atoms with E-state index in [1.165, 1.54) is 4.90 Å². The molecule has 0 spiro atoms. The highest BCUT2D eigenvalue weighted by Gasteiger charge is 2.35. The third-order valence-corrected chi connectivity index (χ3v) is 6.37.